The number of likely N-dealkylation sites (N-methyl/N-ethyl adjacent to an activating group) is 1. The van der Waals surface area contributed by atoms with Gasteiger partial charge in [0.2, 0.25) is 11.8 Å². The van der Waals surface area contributed by atoms with E-state index in [1.807, 2.05) is 25.4 Å². The Hall–Kier alpha value is -3.59. The van der Waals surface area contributed by atoms with Gasteiger partial charge in [-0.25, -0.2) is 0 Å². The number of amides is 4. The van der Waals surface area contributed by atoms with E-state index in [9.17, 15) is 19.2 Å². The summed E-state index contributed by atoms with van der Waals surface area (Å²) in [6.07, 6.45) is 8.25. The van der Waals surface area contributed by atoms with Crippen molar-refractivity contribution in [3.8, 4) is 0 Å². The molecule has 9 nitrogen and oxygen atoms in total. The molecule has 5 rings (SSSR count). The van der Waals surface area contributed by atoms with Crippen LogP contribution in [0.3, 0.4) is 0 Å². The molecular weight excluding hydrogens is 446 g/mol. The Morgan fingerprint density at radius 1 is 1.06 bits per heavy atom. The summed E-state index contributed by atoms with van der Waals surface area (Å²) in [5.74, 6) is -1.95. The van der Waals surface area contributed by atoms with E-state index in [1.165, 1.54) is 0 Å². The van der Waals surface area contributed by atoms with E-state index in [2.05, 4.69) is 26.6 Å². The van der Waals surface area contributed by atoms with Crippen LogP contribution < -0.4 is 15.5 Å². The molecule has 0 radical (unpaired) electrons. The third-order valence-electron chi connectivity index (χ3n) is 7.35. The van der Waals surface area contributed by atoms with Gasteiger partial charge in [0, 0.05) is 50.2 Å². The normalized spacial score (nSPS) is 24.4. The quantitative estimate of drug-likeness (QED) is 0.615. The molecule has 2 fully saturated rings. The van der Waals surface area contributed by atoms with E-state index in [0.717, 1.165) is 48.4 Å². The van der Waals surface area contributed by atoms with Crippen molar-refractivity contribution in [2.24, 2.45) is 0 Å². The highest BCUT2D eigenvalue weighted by Gasteiger charge is 2.45. The van der Waals surface area contributed by atoms with Crippen LogP contribution in [0.5, 0.6) is 0 Å². The average molecular weight is 476 g/mol. The first-order chi connectivity index (χ1) is 16.9. The van der Waals surface area contributed by atoms with Crippen LogP contribution >= 0.6 is 0 Å². The maximum Gasteiger partial charge on any atom is 0.262 e. The molecule has 2 N–H and O–H groups in total. The second-order valence-corrected chi connectivity index (χ2v) is 9.49. The second kappa shape index (κ2) is 9.58. The number of imide groups is 2. The molecule has 1 saturated carbocycles. The predicted molar refractivity (Wildman–Crippen MR) is 129 cm³/mol. The Kier molecular flexibility index (Phi) is 6.34. The summed E-state index contributed by atoms with van der Waals surface area (Å²) >= 11 is 0. The lowest BCUT2D eigenvalue weighted by molar-refractivity contribution is -0.136. The third kappa shape index (κ3) is 4.43. The van der Waals surface area contributed by atoms with Crippen molar-refractivity contribution >= 4 is 29.3 Å². The molecule has 4 amide bonds. The zero-order valence-corrected chi connectivity index (χ0v) is 19.7. The van der Waals surface area contributed by atoms with Crippen LogP contribution in [-0.2, 0) is 16.1 Å². The van der Waals surface area contributed by atoms with E-state index in [-0.39, 0.29) is 30.8 Å². The van der Waals surface area contributed by atoms with Gasteiger partial charge in [-0.05, 0) is 49.1 Å². The molecule has 9 heteroatoms. The van der Waals surface area contributed by atoms with Crippen LogP contribution in [-0.4, -0.2) is 58.7 Å². The van der Waals surface area contributed by atoms with Crippen molar-refractivity contribution in [2.45, 2.75) is 63.2 Å². The van der Waals surface area contributed by atoms with Gasteiger partial charge >= 0.3 is 0 Å². The minimum absolute atomic E-state index is 0.104. The van der Waals surface area contributed by atoms with Crippen LogP contribution in [0.15, 0.2) is 42.7 Å². The predicted octanol–water partition coefficient (Wildman–Crippen LogP) is 2.02. The Morgan fingerprint density at radius 3 is 2.63 bits per heavy atom. The SMILES string of the molecule is CN(c1ccc2c(c1)C(=O)N(C1CCC(=O)NC1=O)C2=O)C1CCCCC1NCc1cccnc1. The molecule has 2 aromatic rings. The Morgan fingerprint density at radius 2 is 1.86 bits per heavy atom. The van der Waals surface area contributed by atoms with Gasteiger partial charge in [0.05, 0.1) is 11.1 Å². The topological polar surface area (TPSA) is 112 Å². The van der Waals surface area contributed by atoms with Crippen molar-refractivity contribution in [3.05, 3.63) is 59.4 Å². The van der Waals surface area contributed by atoms with Gasteiger partial charge in [-0.1, -0.05) is 18.9 Å². The minimum Gasteiger partial charge on any atom is -0.370 e. The molecule has 182 valence electrons. The number of carbonyl (C=O) groups excluding carboxylic acids is 4. The number of pyridine rings is 1. The van der Waals surface area contributed by atoms with E-state index in [0.29, 0.717) is 11.1 Å². The molecular formula is C26H29N5O4. The lowest BCUT2D eigenvalue weighted by Gasteiger charge is -2.40. The van der Waals surface area contributed by atoms with E-state index in [4.69, 9.17) is 0 Å². The van der Waals surface area contributed by atoms with Gasteiger partial charge in [-0.2, -0.15) is 0 Å². The fourth-order valence-corrected chi connectivity index (χ4v) is 5.43. The van der Waals surface area contributed by atoms with Crippen molar-refractivity contribution in [2.75, 3.05) is 11.9 Å². The van der Waals surface area contributed by atoms with Gasteiger partial charge in [-0.3, -0.25) is 34.4 Å². The van der Waals surface area contributed by atoms with E-state index in [1.54, 1.807) is 18.3 Å². The van der Waals surface area contributed by atoms with Gasteiger partial charge < -0.3 is 10.2 Å². The Balaban J connectivity index is 1.34. The van der Waals surface area contributed by atoms with E-state index >= 15 is 0 Å². The molecule has 3 heterocycles. The average Bonchev–Trinajstić information content (AvgIpc) is 3.12. The fourth-order valence-electron chi connectivity index (χ4n) is 5.43. The maximum atomic E-state index is 13.2. The number of piperidine rings is 1. The van der Waals surface area contributed by atoms with Crippen LogP contribution in [0.2, 0.25) is 0 Å². The van der Waals surface area contributed by atoms with Crippen molar-refractivity contribution in [1.29, 1.82) is 0 Å². The zero-order chi connectivity index (χ0) is 24.5. The highest BCUT2D eigenvalue weighted by Crippen LogP contribution is 2.33. The lowest BCUT2D eigenvalue weighted by Crippen LogP contribution is -2.54. The van der Waals surface area contributed by atoms with Gasteiger partial charge in [0.15, 0.2) is 0 Å². The monoisotopic (exact) mass is 475 g/mol. The summed E-state index contributed by atoms with van der Waals surface area (Å²) in [5, 5.41) is 5.91. The number of rotatable bonds is 6. The summed E-state index contributed by atoms with van der Waals surface area (Å²) in [6, 6.07) is 8.84. The van der Waals surface area contributed by atoms with Crippen molar-refractivity contribution < 1.29 is 19.2 Å². The summed E-state index contributed by atoms with van der Waals surface area (Å²) in [5.41, 5.74) is 2.59. The molecule has 1 aromatic carbocycles. The summed E-state index contributed by atoms with van der Waals surface area (Å²) in [6.45, 7) is 0.737. The number of hydrogen-bond donors (Lipinski definition) is 2. The number of benzene rings is 1. The number of fused-ring (bicyclic) bond motifs is 1. The maximum absolute atomic E-state index is 13.2. The third-order valence-corrected chi connectivity index (χ3v) is 7.35. The smallest absolute Gasteiger partial charge is 0.262 e. The molecule has 35 heavy (non-hydrogen) atoms. The first kappa shape index (κ1) is 23.2. The largest absolute Gasteiger partial charge is 0.370 e. The van der Waals surface area contributed by atoms with Gasteiger partial charge in [0.25, 0.3) is 11.8 Å². The van der Waals surface area contributed by atoms with Gasteiger partial charge in [-0.15, -0.1) is 0 Å². The molecule has 1 saturated heterocycles. The number of anilines is 1. The van der Waals surface area contributed by atoms with Crippen LogP contribution in [0.25, 0.3) is 0 Å². The molecule has 2 aliphatic heterocycles. The first-order valence-corrected chi connectivity index (χ1v) is 12.1. The number of nitrogens with zero attached hydrogens (tertiary/aromatic N) is 3. The Labute approximate surface area is 203 Å². The number of carbonyl (C=O) groups is 4. The summed E-state index contributed by atoms with van der Waals surface area (Å²) in [4.78, 5) is 57.4. The van der Waals surface area contributed by atoms with Crippen molar-refractivity contribution in [3.63, 3.8) is 0 Å². The molecule has 3 aliphatic rings. The molecule has 0 spiro atoms. The van der Waals surface area contributed by atoms with Crippen molar-refractivity contribution in [1.82, 2.24) is 20.5 Å². The Bertz CT molecular complexity index is 1170. The van der Waals surface area contributed by atoms with E-state index < -0.39 is 23.8 Å². The second-order valence-electron chi connectivity index (χ2n) is 9.49. The number of nitrogens with one attached hydrogen (secondary N) is 2. The van der Waals surface area contributed by atoms with Crippen LogP contribution in [0, 0.1) is 0 Å². The highest BCUT2D eigenvalue weighted by molar-refractivity contribution is 6.23. The summed E-state index contributed by atoms with van der Waals surface area (Å²) in [7, 11) is 2.02. The van der Waals surface area contributed by atoms with Crippen LogP contribution in [0.4, 0.5) is 5.69 Å². The molecule has 3 atom stereocenters. The summed E-state index contributed by atoms with van der Waals surface area (Å²) < 4.78 is 0. The molecule has 0 bridgehead atoms. The highest BCUT2D eigenvalue weighted by atomic mass is 16.2. The first-order valence-electron chi connectivity index (χ1n) is 12.1. The molecule has 1 aromatic heterocycles. The number of hydrogen-bond acceptors (Lipinski definition) is 7. The zero-order valence-electron chi connectivity index (χ0n) is 19.7. The van der Waals surface area contributed by atoms with Crippen LogP contribution in [0.1, 0.15) is 64.8 Å². The minimum atomic E-state index is -0.958. The lowest BCUT2D eigenvalue weighted by atomic mass is 9.88. The van der Waals surface area contributed by atoms with Gasteiger partial charge in [0.1, 0.15) is 6.04 Å². The number of aromatic nitrogens is 1. The molecule has 3 unspecified atom stereocenters. The standard InChI is InChI=1S/C26H29N5O4/c1-30(21-7-3-2-6-20(21)28-15-16-5-4-12-27-14-16)17-8-9-18-19(13-17)26(35)31(25(18)34)22-10-11-23(32)29-24(22)33/h4-5,8-9,12-14,20-22,28H,2-3,6-7,10-11,15H2,1H3,(H,29,32,33). The fraction of sp³-hybridized carbons (Fsp3) is 0.423. The molecule has 1 aliphatic carbocycles.